The normalized spacial score (nSPS) is 12.9. The lowest BCUT2D eigenvalue weighted by Gasteiger charge is -2.34. The third kappa shape index (κ3) is 4.61. The average Bonchev–Trinajstić information content (AvgIpc) is 3.52. The molecule has 0 bridgehead atoms. The van der Waals surface area contributed by atoms with Crippen molar-refractivity contribution in [1.82, 2.24) is 0 Å². The maximum Gasteiger partial charge on any atom is 0.0714 e. The van der Waals surface area contributed by atoms with Crippen LogP contribution >= 0.6 is 0 Å². The summed E-state index contributed by atoms with van der Waals surface area (Å²) < 4.78 is 0. The predicted molar refractivity (Wildman–Crippen MR) is 215 cm³/mol. The van der Waals surface area contributed by atoms with Gasteiger partial charge in [0, 0.05) is 0 Å². The zero-order valence-electron chi connectivity index (χ0n) is 28.1. The van der Waals surface area contributed by atoms with Crippen LogP contribution in [0.4, 0.5) is 0 Å². The van der Waals surface area contributed by atoms with Crippen molar-refractivity contribution in [3.63, 3.8) is 0 Å². The van der Waals surface area contributed by atoms with Gasteiger partial charge >= 0.3 is 0 Å². The monoisotopic (exact) mass is 646 g/mol. The Morgan fingerprint density at radius 1 is 0.275 bits per heavy atom. The van der Waals surface area contributed by atoms with Crippen molar-refractivity contribution in [1.29, 1.82) is 0 Å². The quantitative estimate of drug-likeness (QED) is 0.175. The Labute approximate surface area is 298 Å². The van der Waals surface area contributed by atoms with E-state index in [0.29, 0.717) is 0 Å². The Morgan fingerprint density at radius 3 is 1.55 bits per heavy atom. The van der Waals surface area contributed by atoms with E-state index in [2.05, 4.69) is 206 Å². The summed E-state index contributed by atoms with van der Waals surface area (Å²) in [5.74, 6) is 0. The number of rotatable bonds is 5. The van der Waals surface area contributed by atoms with Crippen LogP contribution in [0.3, 0.4) is 0 Å². The number of benzene rings is 9. The number of hydrogen-bond donors (Lipinski definition) is 0. The molecule has 9 aromatic rings. The third-order valence-corrected chi connectivity index (χ3v) is 10.9. The van der Waals surface area contributed by atoms with Crippen LogP contribution in [0.15, 0.2) is 206 Å². The van der Waals surface area contributed by atoms with Gasteiger partial charge in [0.2, 0.25) is 0 Å². The van der Waals surface area contributed by atoms with Crippen molar-refractivity contribution in [3.8, 4) is 44.5 Å². The van der Waals surface area contributed by atoms with Gasteiger partial charge in [0.05, 0.1) is 5.41 Å². The Morgan fingerprint density at radius 2 is 0.824 bits per heavy atom. The molecule has 0 nitrogen and oxygen atoms in total. The van der Waals surface area contributed by atoms with E-state index in [9.17, 15) is 0 Å². The van der Waals surface area contributed by atoms with E-state index >= 15 is 0 Å². The number of hydrogen-bond acceptors (Lipinski definition) is 0. The Bertz CT molecular complexity index is 2680. The molecule has 0 heteroatoms. The first kappa shape index (κ1) is 29.4. The van der Waals surface area contributed by atoms with Crippen LogP contribution in [-0.4, -0.2) is 0 Å². The first-order valence-electron chi connectivity index (χ1n) is 17.8. The smallest absolute Gasteiger partial charge is 0.0622 e. The van der Waals surface area contributed by atoms with Gasteiger partial charge in [-0.15, -0.1) is 0 Å². The highest BCUT2D eigenvalue weighted by molar-refractivity contribution is 6.11. The lowest BCUT2D eigenvalue weighted by atomic mass is 9.67. The topological polar surface area (TPSA) is 0 Å². The molecule has 0 fully saturated rings. The van der Waals surface area contributed by atoms with Crippen LogP contribution in [0.1, 0.15) is 22.3 Å². The van der Waals surface area contributed by atoms with Crippen LogP contribution in [0.25, 0.3) is 66.1 Å². The van der Waals surface area contributed by atoms with Crippen LogP contribution < -0.4 is 0 Å². The van der Waals surface area contributed by atoms with Crippen LogP contribution in [0, 0.1) is 0 Å². The minimum absolute atomic E-state index is 0.532. The molecule has 0 N–H and O–H groups in total. The van der Waals surface area contributed by atoms with E-state index in [0.717, 1.165) is 0 Å². The summed E-state index contributed by atoms with van der Waals surface area (Å²) in [6, 6.07) is 76.2. The molecule has 0 heterocycles. The molecule has 0 radical (unpaired) electrons. The van der Waals surface area contributed by atoms with Gasteiger partial charge in [-0.25, -0.2) is 0 Å². The second-order valence-corrected chi connectivity index (χ2v) is 13.6. The third-order valence-electron chi connectivity index (χ3n) is 10.9. The molecule has 0 unspecified atom stereocenters. The fourth-order valence-electron chi connectivity index (χ4n) is 8.63. The maximum atomic E-state index is 2.51. The highest BCUT2D eigenvalue weighted by atomic mass is 14.5. The summed E-state index contributed by atoms with van der Waals surface area (Å²) in [6.45, 7) is 0. The zero-order chi connectivity index (χ0) is 33.8. The fraction of sp³-hybridized carbons (Fsp3) is 0.0196. The molecule has 0 saturated heterocycles. The van der Waals surface area contributed by atoms with E-state index in [-0.39, 0.29) is 0 Å². The van der Waals surface area contributed by atoms with Crippen LogP contribution in [0.2, 0.25) is 0 Å². The predicted octanol–water partition coefficient (Wildman–Crippen LogP) is 13.4. The molecule has 0 atom stereocenters. The molecule has 238 valence electrons. The fourth-order valence-corrected chi connectivity index (χ4v) is 8.63. The molecule has 1 aliphatic carbocycles. The second-order valence-electron chi connectivity index (χ2n) is 13.6. The molecule has 9 aromatic carbocycles. The molecular formula is C51H34. The van der Waals surface area contributed by atoms with E-state index in [1.165, 1.54) is 88.3 Å². The van der Waals surface area contributed by atoms with Crippen molar-refractivity contribution in [2.24, 2.45) is 0 Å². The van der Waals surface area contributed by atoms with Gasteiger partial charge in [-0.2, -0.15) is 0 Å². The molecule has 51 heavy (non-hydrogen) atoms. The van der Waals surface area contributed by atoms with Gasteiger partial charge in [-0.05, 0) is 113 Å². The van der Waals surface area contributed by atoms with Crippen molar-refractivity contribution in [3.05, 3.63) is 229 Å². The first-order valence-corrected chi connectivity index (χ1v) is 17.8. The van der Waals surface area contributed by atoms with Gasteiger partial charge in [-0.3, -0.25) is 0 Å². The molecule has 0 spiro atoms. The SMILES string of the molecule is c1ccc(-c2cccc(-c3ccc4c(c3)C(c3ccccc3)(c3ccccc3)c3cc(-c5ccc6ccccc6c5)c5ccccc5c3-4)c2)cc1. The lowest BCUT2D eigenvalue weighted by Crippen LogP contribution is -2.28. The summed E-state index contributed by atoms with van der Waals surface area (Å²) in [5.41, 5.74) is 14.6. The second kappa shape index (κ2) is 11.8. The molecular weight excluding hydrogens is 613 g/mol. The van der Waals surface area contributed by atoms with Crippen LogP contribution in [0.5, 0.6) is 0 Å². The standard InChI is InChI=1S/C51H34/c1-4-15-35(16-5-1)38-19-14-20-39(31-38)40-29-30-46-48(33-40)51(42-21-6-2-7-22-42,43-23-8-3-9-24-43)49-34-47(44-25-12-13-26-45(44)50(46)49)41-28-27-36-17-10-11-18-37(36)32-41/h1-34H. The summed E-state index contributed by atoms with van der Waals surface area (Å²) >= 11 is 0. The van der Waals surface area contributed by atoms with Crippen LogP contribution in [-0.2, 0) is 5.41 Å². The largest absolute Gasteiger partial charge is 0.0714 e. The number of fused-ring (bicyclic) bond motifs is 6. The maximum absolute atomic E-state index is 2.51. The molecule has 0 saturated carbocycles. The molecule has 0 aromatic heterocycles. The van der Waals surface area contributed by atoms with Gasteiger partial charge in [0.1, 0.15) is 0 Å². The minimum atomic E-state index is -0.532. The molecule has 10 rings (SSSR count). The summed E-state index contributed by atoms with van der Waals surface area (Å²) in [7, 11) is 0. The zero-order valence-corrected chi connectivity index (χ0v) is 28.1. The van der Waals surface area contributed by atoms with Crippen molar-refractivity contribution >= 4 is 21.5 Å². The molecule has 0 aliphatic heterocycles. The Hall–Kier alpha value is -6.50. The molecule has 0 amide bonds. The van der Waals surface area contributed by atoms with Gasteiger partial charge in [0.25, 0.3) is 0 Å². The highest BCUT2D eigenvalue weighted by Gasteiger charge is 2.47. The Kier molecular flexibility index (Phi) is 6.82. The average molecular weight is 647 g/mol. The summed E-state index contributed by atoms with van der Waals surface area (Å²) in [5, 5.41) is 5.06. The van der Waals surface area contributed by atoms with E-state index in [1.807, 2.05) is 0 Å². The van der Waals surface area contributed by atoms with E-state index < -0.39 is 5.41 Å². The van der Waals surface area contributed by atoms with Crippen molar-refractivity contribution in [2.45, 2.75) is 5.41 Å². The molecule has 1 aliphatic rings. The summed E-state index contributed by atoms with van der Waals surface area (Å²) in [4.78, 5) is 0. The first-order chi connectivity index (χ1) is 25.3. The van der Waals surface area contributed by atoms with Gasteiger partial charge < -0.3 is 0 Å². The lowest BCUT2D eigenvalue weighted by molar-refractivity contribution is 0.769. The van der Waals surface area contributed by atoms with Crippen molar-refractivity contribution < 1.29 is 0 Å². The highest BCUT2D eigenvalue weighted by Crippen LogP contribution is 2.59. The van der Waals surface area contributed by atoms with E-state index in [4.69, 9.17) is 0 Å². The minimum Gasteiger partial charge on any atom is -0.0622 e. The Balaban J connectivity index is 1.30. The van der Waals surface area contributed by atoms with Gasteiger partial charge in [0.15, 0.2) is 0 Å². The van der Waals surface area contributed by atoms with E-state index in [1.54, 1.807) is 0 Å². The van der Waals surface area contributed by atoms with Crippen molar-refractivity contribution in [2.75, 3.05) is 0 Å². The van der Waals surface area contributed by atoms with Gasteiger partial charge in [-0.1, -0.05) is 182 Å². The summed E-state index contributed by atoms with van der Waals surface area (Å²) in [6.07, 6.45) is 0.